The van der Waals surface area contributed by atoms with E-state index in [1.54, 1.807) is 0 Å². The molecule has 1 aliphatic carbocycles. The number of rotatable bonds is 5. The lowest BCUT2D eigenvalue weighted by Crippen LogP contribution is -2.38. The normalized spacial score (nSPS) is 23.5. The summed E-state index contributed by atoms with van der Waals surface area (Å²) in [4.78, 5) is 0. The van der Waals surface area contributed by atoms with Crippen LogP contribution in [-0.2, 0) is 11.3 Å². The molecule has 3 heteroatoms. The van der Waals surface area contributed by atoms with Crippen molar-refractivity contribution in [2.45, 2.75) is 38.0 Å². The summed E-state index contributed by atoms with van der Waals surface area (Å²) in [5.41, 5.74) is 6.79. The summed E-state index contributed by atoms with van der Waals surface area (Å²) in [6, 6.07) is 10.6. The summed E-state index contributed by atoms with van der Waals surface area (Å²) >= 11 is 0. The molecule has 0 aromatic heterocycles. The molecule has 0 saturated heterocycles. The Morgan fingerprint density at radius 2 is 2.12 bits per heavy atom. The smallest absolute Gasteiger partial charge is 0.0888 e. The van der Waals surface area contributed by atoms with Gasteiger partial charge in [-0.2, -0.15) is 0 Å². The highest BCUT2D eigenvalue weighted by Gasteiger charge is 2.27. The zero-order valence-electron chi connectivity index (χ0n) is 10.1. The second kappa shape index (κ2) is 5.73. The monoisotopic (exact) mass is 232 g/mol. The van der Waals surface area contributed by atoms with Gasteiger partial charge >= 0.3 is 0 Å². The van der Waals surface area contributed by atoms with Crippen LogP contribution in [0.4, 0.5) is 0 Å². The van der Waals surface area contributed by atoms with Crippen LogP contribution >= 0.6 is 0 Å². The fourth-order valence-electron chi connectivity index (χ4n) is 2.31. The maximum absolute atomic E-state index is 5.94. The van der Waals surface area contributed by atoms with E-state index in [1.807, 2.05) is 18.2 Å². The summed E-state index contributed by atoms with van der Waals surface area (Å²) in [6.45, 7) is 4.35. The maximum atomic E-state index is 5.94. The molecule has 1 aromatic rings. The Morgan fingerprint density at radius 1 is 1.35 bits per heavy atom. The molecule has 17 heavy (non-hydrogen) atoms. The van der Waals surface area contributed by atoms with Crippen LogP contribution in [0.1, 0.15) is 24.8 Å². The summed E-state index contributed by atoms with van der Waals surface area (Å²) in [7, 11) is 0. The number of nitrogens with two attached hydrogens (primary N) is 1. The molecule has 3 N–H and O–H groups in total. The predicted molar refractivity (Wildman–Crippen MR) is 69.1 cm³/mol. The zero-order chi connectivity index (χ0) is 12.1. The van der Waals surface area contributed by atoms with Crippen LogP contribution in [0.25, 0.3) is 0 Å². The molecule has 3 nitrogen and oxygen atoms in total. The van der Waals surface area contributed by atoms with Crippen LogP contribution in [0, 0.1) is 0 Å². The zero-order valence-corrected chi connectivity index (χ0v) is 10.1. The fraction of sp³-hybridized carbons (Fsp3) is 0.429. The van der Waals surface area contributed by atoms with E-state index in [9.17, 15) is 0 Å². The molecule has 0 amide bonds. The topological polar surface area (TPSA) is 47.3 Å². The molecular formula is C14H20N2O. The molecule has 2 atom stereocenters. The minimum absolute atomic E-state index is 0.246. The average Bonchev–Trinajstić information content (AvgIpc) is 2.74. The second-order valence-electron chi connectivity index (χ2n) is 4.54. The molecular weight excluding hydrogens is 212 g/mol. The van der Waals surface area contributed by atoms with Crippen LogP contribution in [-0.4, -0.2) is 12.1 Å². The van der Waals surface area contributed by atoms with Crippen molar-refractivity contribution >= 4 is 0 Å². The van der Waals surface area contributed by atoms with Crippen LogP contribution in [0.5, 0.6) is 0 Å². The first-order valence-corrected chi connectivity index (χ1v) is 6.12. The van der Waals surface area contributed by atoms with E-state index in [1.165, 1.54) is 12.0 Å². The van der Waals surface area contributed by atoms with Crippen molar-refractivity contribution in [3.63, 3.8) is 0 Å². The Hall–Kier alpha value is -1.48. The number of hydrogen-bond acceptors (Lipinski definition) is 3. The molecule has 2 rings (SSSR count). The van der Waals surface area contributed by atoms with Gasteiger partial charge in [-0.1, -0.05) is 36.9 Å². The van der Waals surface area contributed by atoms with Gasteiger partial charge in [0.05, 0.1) is 24.6 Å². The summed E-state index contributed by atoms with van der Waals surface area (Å²) < 4.78 is 5.94. The van der Waals surface area contributed by atoms with Gasteiger partial charge < -0.3 is 15.8 Å². The molecule has 1 aliphatic rings. The Morgan fingerprint density at radius 3 is 2.82 bits per heavy atom. The SMILES string of the molecule is C=C(N)N[C@H]1CCC[C@@H]1OCc1ccccc1. The standard InChI is InChI=1S/C14H20N2O/c1-11(15)16-13-8-5-9-14(13)17-10-12-6-3-2-4-7-12/h2-4,6-7,13-14,16H,1,5,8-10,15H2/t13-,14-/m0/s1. The van der Waals surface area contributed by atoms with Gasteiger partial charge in [-0.25, -0.2) is 0 Å². The van der Waals surface area contributed by atoms with Gasteiger partial charge in [-0.3, -0.25) is 0 Å². The van der Waals surface area contributed by atoms with Crippen LogP contribution in [0.3, 0.4) is 0 Å². The van der Waals surface area contributed by atoms with Gasteiger partial charge in [-0.15, -0.1) is 0 Å². The van der Waals surface area contributed by atoms with Gasteiger partial charge in [0.2, 0.25) is 0 Å². The Kier molecular flexibility index (Phi) is 4.04. The van der Waals surface area contributed by atoms with E-state index < -0.39 is 0 Å². The van der Waals surface area contributed by atoms with Crippen molar-refractivity contribution in [2.75, 3.05) is 0 Å². The minimum atomic E-state index is 0.246. The third kappa shape index (κ3) is 3.49. The predicted octanol–water partition coefficient (Wildman–Crippen LogP) is 2.14. The minimum Gasteiger partial charge on any atom is -0.386 e. The van der Waals surface area contributed by atoms with Gasteiger partial charge in [0.25, 0.3) is 0 Å². The van der Waals surface area contributed by atoms with Crippen molar-refractivity contribution in [3.8, 4) is 0 Å². The molecule has 0 bridgehead atoms. The van der Waals surface area contributed by atoms with E-state index in [4.69, 9.17) is 10.5 Å². The number of ether oxygens (including phenoxy) is 1. The van der Waals surface area contributed by atoms with Crippen molar-refractivity contribution in [1.82, 2.24) is 5.32 Å². The Bertz CT molecular complexity index is 364. The molecule has 1 fully saturated rings. The lowest BCUT2D eigenvalue weighted by molar-refractivity contribution is 0.0299. The molecule has 92 valence electrons. The largest absolute Gasteiger partial charge is 0.386 e. The Labute approximate surface area is 103 Å². The van der Waals surface area contributed by atoms with E-state index in [0.717, 1.165) is 12.8 Å². The number of nitrogens with one attached hydrogen (secondary N) is 1. The van der Waals surface area contributed by atoms with Crippen molar-refractivity contribution in [3.05, 3.63) is 48.3 Å². The van der Waals surface area contributed by atoms with Gasteiger partial charge in [0.15, 0.2) is 0 Å². The highest BCUT2D eigenvalue weighted by atomic mass is 16.5. The summed E-state index contributed by atoms with van der Waals surface area (Å²) in [5.74, 6) is 0.533. The third-order valence-electron chi connectivity index (χ3n) is 3.13. The lowest BCUT2D eigenvalue weighted by atomic mass is 10.2. The molecule has 1 saturated carbocycles. The first kappa shape index (κ1) is 12.0. The molecule has 0 heterocycles. The fourth-order valence-corrected chi connectivity index (χ4v) is 2.31. The van der Waals surface area contributed by atoms with E-state index in [2.05, 4.69) is 24.0 Å². The van der Waals surface area contributed by atoms with Crippen molar-refractivity contribution in [2.24, 2.45) is 5.73 Å². The quantitative estimate of drug-likeness (QED) is 0.817. The first-order valence-electron chi connectivity index (χ1n) is 6.12. The van der Waals surface area contributed by atoms with E-state index >= 15 is 0 Å². The number of benzene rings is 1. The highest BCUT2D eigenvalue weighted by molar-refractivity contribution is 5.13. The molecule has 0 radical (unpaired) electrons. The average molecular weight is 232 g/mol. The van der Waals surface area contributed by atoms with E-state index in [-0.39, 0.29) is 6.10 Å². The van der Waals surface area contributed by atoms with Gasteiger partial charge in [0.1, 0.15) is 0 Å². The number of hydrogen-bond donors (Lipinski definition) is 2. The Balaban J connectivity index is 1.84. The van der Waals surface area contributed by atoms with Crippen LogP contribution in [0.2, 0.25) is 0 Å². The van der Waals surface area contributed by atoms with Gasteiger partial charge in [0, 0.05) is 0 Å². The summed E-state index contributed by atoms with van der Waals surface area (Å²) in [5, 5.41) is 3.19. The van der Waals surface area contributed by atoms with E-state index in [0.29, 0.717) is 18.5 Å². The van der Waals surface area contributed by atoms with Gasteiger partial charge in [-0.05, 0) is 24.8 Å². The third-order valence-corrected chi connectivity index (χ3v) is 3.13. The lowest BCUT2D eigenvalue weighted by Gasteiger charge is -2.22. The molecule has 0 aliphatic heterocycles. The van der Waals surface area contributed by atoms with Crippen molar-refractivity contribution < 1.29 is 4.74 Å². The second-order valence-corrected chi connectivity index (χ2v) is 4.54. The molecule has 0 spiro atoms. The maximum Gasteiger partial charge on any atom is 0.0888 e. The first-order chi connectivity index (χ1) is 8.25. The highest BCUT2D eigenvalue weighted by Crippen LogP contribution is 2.23. The van der Waals surface area contributed by atoms with Crippen LogP contribution in [0.15, 0.2) is 42.7 Å². The summed E-state index contributed by atoms with van der Waals surface area (Å²) in [6.07, 6.45) is 3.63. The van der Waals surface area contributed by atoms with Crippen LogP contribution < -0.4 is 11.1 Å². The van der Waals surface area contributed by atoms with Crippen molar-refractivity contribution in [1.29, 1.82) is 0 Å². The molecule has 0 unspecified atom stereocenters. The molecule has 1 aromatic carbocycles.